The number of benzene rings is 3. The van der Waals surface area contributed by atoms with Gasteiger partial charge in [-0.05, 0) is 29.3 Å². The average Bonchev–Trinajstić information content (AvgIpc) is 2.93. The zero-order valence-electron chi connectivity index (χ0n) is 21.2. The van der Waals surface area contributed by atoms with E-state index in [0.29, 0.717) is 0 Å². The molecule has 0 radical (unpaired) electrons. The Bertz CT molecular complexity index is 1270. The van der Waals surface area contributed by atoms with Crippen LogP contribution < -0.4 is 5.32 Å². The lowest BCUT2D eigenvalue weighted by Gasteiger charge is -2.49. The van der Waals surface area contributed by atoms with E-state index in [-0.39, 0.29) is 19.1 Å². The third-order valence-corrected chi connectivity index (χ3v) is 6.72. The third-order valence-electron chi connectivity index (χ3n) is 6.72. The molecule has 2 heterocycles. The van der Waals surface area contributed by atoms with Crippen molar-refractivity contribution in [2.75, 3.05) is 6.61 Å². The summed E-state index contributed by atoms with van der Waals surface area (Å²) >= 11 is 0. The van der Waals surface area contributed by atoms with Gasteiger partial charge in [-0.1, -0.05) is 66.7 Å². The van der Waals surface area contributed by atoms with E-state index < -0.39 is 49.0 Å². The van der Waals surface area contributed by atoms with Gasteiger partial charge in [0.25, 0.3) is 0 Å². The number of carbonyl (C=O) groups excluding carboxylic acids is 1. The first-order valence-corrected chi connectivity index (χ1v) is 12.6. The molecule has 2 N–H and O–H groups in total. The number of rotatable bonds is 8. The molecule has 2 aliphatic heterocycles. The Labute approximate surface area is 220 Å². The maximum absolute atomic E-state index is 12.2. The fourth-order valence-corrected chi connectivity index (χ4v) is 4.84. The van der Waals surface area contributed by atoms with Crippen molar-refractivity contribution in [1.29, 1.82) is 0 Å². The number of amides is 1. The molecule has 1 amide bonds. The van der Waals surface area contributed by atoms with Crippen molar-refractivity contribution in [2.24, 2.45) is 0 Å². The van der Waals surface area contributed by atoms with E-state index in [9.17, 15) is 14.7 Å². The summed E-state index contributed by atoms with van der Waals surface area (Å²) in [6.07, 6.45) is -4.97. The van der Waals surface area contributed by atoms with Crippen LogP contribution in [-0.2, 0) is 39.9 Å². The van der Waals surface area contributed by atoms with Gasteiger partial charge in [0, 0.05) is 12.5 Å². The molecule has 3 aromatic rings. The van der Waals surface area contributed by atoms with Crippen LogP contribution in [0.15, 0.2) is 72.8 Å². The fourth-order valence-electron chi connectivity index (χ4n) is 4.84. The number of carbonyl (C=O) groups is 2. The van der Waals surface area contributed by atoms with Gasteiger partial charge < -0.3 is 34.1 Å². The number of carboxylic acids is 1. The quantitative estimate of drug-likeness (QED) is 0.463. The summed E-state index contributed by atoms with van der Waals surface area (Å²) < 4.78 is 30.7. The molecule has 2 fully saturated rings. The van der Waals surface area contributed by atoms with Gasteiger partial charge in [-0.2, -0.15) is 0 Å². The van der Waals surface area contributed by atoms with Crippen LogP contribution in [0, 0.1) is 0 Å². The van der Waals surface area contributed by atoms with Crippen molar-refractivity contribution in [2.45, 2.75) is 63.5 Å². The van der Waals surface area contributed by atoms with E-state index in [1.807, 2.05) is 72.8 Å². The van der Waals surface area contributed by atoms with Gasteiger partial charge in [0.15, 0.2) is 18.7 Å². The zero-order chi connectivity index (χ0) is 26.6. The number of nitrogens with one attached hydrogen (secondary N) is 1. The minimum absolute atomic E-state index is 0.175. The van der Waals surface area contributed by atoms with E-state index in [1.165, 1.54) is 13.8 Å². The fraction of sp³-hybridized carbons (Fsp3) is 0.379. The Hall–Kier alpha value is -3.34. The van der Waals surface area contributed by atoms with Gasteiger partial charge >= 0.3 is 5.97 Å². The molecule has 7 atom stereocenters. The standard InChI is InChI=1S/C29H31NO8/c1-17(27(32)33)36-26-24(30-18(2)31)29(34-15-19-12-13-20-8-6-7-11-22(20)14-19)37-23-16-35-28(38-25(23)26)21-9-4-3-5-10-21/h3-14,17,23-26,28-29H,15-16H2,1-2H3,(H,30,31)(H,32,33)/t17-,23-,24-,25-,26+,28+,29+/m0/s1. The van der Waals surface area contributed by atoms with Gasteiger partial charge in [0.1, 0.15) is 24.4 Å². The molecule has 38 heavy (non-hydrogen) atoms. The molecule has 200 valence electrons. The molecular weight excluding hydrogens is 490 g/mol. The monoisotopic (exact) mass is 521 g/mol. The van der Waals surface area contributed by atoms with Crippen LogP contribution >= 0.6 is 0 Å². The summed E-state index contributed by atoms with van der Waals surface area (Å²) in [6.45, 7) is 3.20. The summed E-state index contributed by atoms with van der Waals surface area (Å²) in [5.74, 6) is -1.46. The van der Waals surface area contributed by atoms with Crippen LogP contribution in [0.3, 0.4) is 0 Å². The highest BCUT2D eigenvalue weighted by molar-refractivity contribution is 5.83. The van der Waals surface area contributed by atoms with Crippen LogP contribution in [-0.4, -0.2) is 60.3 Å². The Morgan fingerprint density at radius 2 is 1.76 bits per heavy atom. The predicted octanol–water partition coefficient (Wildman–Crippen LogP) is 3.56. The molecule has 0 saturated carbocycles. The number of hydrogen-bond acceptors (Lipinski definition) is 7. The van der Waals surface area contributed by atoms with Crippen LogP contribution in [0.2, 0.25) is 0 Å². The lowest BCUT2D eigenvalue weighted by atomic mass is 9.95. The summed E-state index contributed by atoms with van der Waals surface area (Å²) in [7, 11) is 0. The van der Waals surface area contributed by atoms with Crippen molar-refractivity contribution < 1.29 is 38.4 Å². The number of fused-ring (bicyclic) bond motifs is 2. The first kappa shape index (κ1) is 26.3. The minimum Gasteiger partial charge on any atom is -0.479 e. The smallest absolute Gasteiger partial charge is 0.332 e. The molecule has 2 saturated heterocycles. The molecule has 0 bridgehead atoms. The molecule has 2 aliphatic rings. The van der Waals surface area contributed by atoms with Crippen molar-refractivity contribution in [3.8, 4) is 0 Å². The maximum atomic E-state index is 12.2. The summed E-state index contributed by atoms with van der Waals surface area (Å²) in [4.78, 5) is 23.9. The SMILES string of the molecule is CC(=O)N[C@@H]1[C@H](OCc2ccc3ccccc3c2)O[C@H]2CO[C@@H](c3ccccc3)O[C@@H]2[C@@H]1O[C@@H](C)C(=O)O. The molecule has 9 heteroatoms. The first-order valence-electron chi connectivity index (χ1n) is 12.6. The van der Waals surface area contributed by atoms with Crippen molar-refractivity contribution in [1.82, 2.24) is 5.32 Å². The number of carboxylic acid groups (broad SMARTS) is 1. The normalized spacial score (nSPS) is 27.8. The second-order valence-corrected chi connectivity index (χ2v) is 9.52. The summed E-state index contributed by atoms with van der Waals surface area (Å²) in [5.41, 5.74) is 1.73. The Morgan fingerprint density at radius 1 is 1.03 bits per heavy atom. The Morgan fingerprint density at radius 3 is 2.50 bits per heavy atom. The van der Waals surface area contributed by atoms with Crippen molar-refractivity contribution in [3.63, 3.8) is 0 Å². The van der Waals surface area contributed by atoms with E-state index in [2.05, 4.69) is 5.32 Å². The third kappa shape index (κ3) is 5.87. The second kappa shape index (κ2) is 11.6. The van der Waals surface area contributed by atoms with Crippen LogP contribution in [0.5, 0.6) is 0 Å². The van der Waals surface area contributed by atoms with Crippen molar-refractivity contribution >= 4 is 22.6 Å². The van der Waals surface area contributed by atoms with Crippen LogP contribution in [0.25, 0.3) is 10.8 Å². The highest BCUT2D eigenvalue weighted by Crippen LogP contribution is 2.36. The number of ether oxygens (including phenoxy) is 5. The van der Waals surface area contributed by atoms with E-state index >= 15 is 0 Å². The Kier molecular flexibility index (Phi) is 8.01. The summed E-state index contributed by atoms with van der Waals surface area (Å²) in [6, 6.07) is 22.6. The molecule has 0 spiro atoms. The van der Waals surface area contributed by atoms with Gasteiger partial charge in [0.2, 0.25) is 5.91 Å². The molecular formula is C29H31NO8. The molecule has 0 unspecified atom stereocenters. The average molecular weight is 522 g/mol. The largest absolute Gasteiger partial charge is 0.479 e. The lowest BCUT2D eigenvalue weighted by Crippen LogP contribution is -2.67. The van der Waals surface area contributed by atoms with Gasteiger partial charge in [-0.3, -0.25) is 4.79 Å². The van der Waals surface area contributed by atoms with Crippen molar-refractivity contribution in [3.05, 3.63) is 83.9 Å². The van der Waals surface area contributed by atoms with E-state index in [0.717, 1.165) is 21.9 Å². The van der Waals surface area contributed by atoms with E-state index in [4.69, 9.17) is 23.7 Å². The minimum atomic E-state index is -1.15. The highest BCUT2D eigenvalue weighted by atomic mass is 16.8. The number of hydrogen-bond donors (Lipinski definition) is 2. The predicted molar refractivity (Wildman–Crippen MR) is 137 cm³/mol. The lowest BCUT2D eigenvalue weighted by molar-refractivity contribution is -0.351. The first-order chi connectivity index (χ1) is 18.4. The van der Waals surface area contributed by atoms with Crippen LogP contribution in [0.1, 0.15) is 31.3 Å². The summed E-state index contributed by atoms with van der Waals surface area (Å²) in [5, 5.41) is 14.6. The molecule has 5 rings (SSSR count). The maximum Gasteiger partial charge on any atom is 0.332 e. The van der Waals surface area contributed by atoms with E-state index in [1.54, 1.807) is 0 Å². The zero-order valence-corrected chi connectivity index (χ0v) is 21.2. The molecule has 9 nitrogen and oxygen atoms in total. The topological polar surface area (TPSA) is 113 Å². The number of aliphatic carboxylic acids is 1. The van der Waals surface area contributed by atoms with Gasteiger partial charge in [-0.25, -0.2) is 4.79 Å². The van der Waals surface area contributed by atoms with Crippen LogP contribution in [0.4, 0.5) is 0 Å². The van der Waals surface area contributed by atoms with Gasteiger partial charge in [-0.15, -0.1) is 0 Å². The molecule has 0 aliphatic carbocycles. The van der Waals surface area contributed by atoms with Gasteiger partial charge in [0.05, 0.1) is 13.2 Å². The molecule has 0 aromatic heterocycles. The highest BCUT2D eigenvalue weighted by Gasteiger charge is 2.52. The molecule has 3 aromatic carbocycles. The Balaban J connectivity index is 1.40. The second-order valence-electron chi connectivity index (χ2n) is 9.52.